The number of imidazole rings is 1. The standard InChI is InChI=1S/C23H22N4OS/c1-16-25-21(14-29-16)17-6-4-7-18(12-17)23(28)27-11-5-8-19(27)13-26-15-24-20-9-2-3-10-22(20)26/h2-4,6-7,9-10,12,14-15,19H,5,8,11,13H2,1H3/t19-/m0/s1. The summed E-state index contributed by atoms with van der Waals surface area (Å²) in [5, 5.41) is 3.07. The van der Waals surface area contributed by atoms with Gasteiger partial charge in [0.1, 0.15) is 0 Å². The van der Waals surface area contributed by atoms with Crippen molar-refractivity contribution in [3.63, 3.8) is 0 Å². The Labute approximate surface area is 173 Å². The van der Waals surface area contributed by atoms with Crippen molar-refractivity contribution in [3.05, 3.63) is 70.8 Å². The van der Waals surface area contributed by atoms with Crippen LogP contribution in [0.3, 0.4) is 0 Å². The molecule has 0 radical (unpaired) electrons. The first-order chi connectivity index (χ1) is 14.2. The SMILES string of the molecule is Cc1nc(-c2cccc(C(=O)N3CCC[C@H]3Cn3cnc4ccccc43)c2)cs1. The second kappa shape index (κ2) is 7.44. The van der Waals surface area contributed by atoms with Gasteiger partial charge in [-0.2, -0.15) is 0 Å². The molecule has 1 aliphatic rings. The topological polar surface area (TPSA) is 51.0 Å². The number of hydrogen-bond donors (Lipinski definition) is 0. The van der Waals surface area contributed by atoms with Crippen molar-refractivity contribution < 1.29 is 4.79 Å². The zero-order chi connectivity index (χ0) is 19.8. The van der Waals surface area contributed by atoms with Crippen LogP contribution in [0.2, 0.25) is 0 Å². The van der Waals surface area contributed by atoms with E-state index in [9.17, 15) is 4.79 Å². The number of aromatic nitrogens is 3. The largest absolute Gasteiger partial charge is 0.334 e. The van der Waals surface area contributed by atoms with Crippen molar-refractivity contribution in [2.75, 3.05) is 6.54 Å². The molecule has 29 heavy (non-hydrogen) atoms. The van der Waals surface area contributed by atoms with E-state index in [1.54, 1.807) is 11.3 Å². The molecular formula is C23H22N4OS. The first-order valence-corrected chi connectivity index (χ1v) is 10.8. The minimum absolute atomic E-state index is 0.103. The molecule has 2 aromatic carbocycles. The number of carbonyl (C=O) groups excluding carboxylic acids is 1. The highest BCUT2D eigenvalue weighted by Crippen LogP contribution is 2.26. The molecule has 5 nitrogen and oxygen atoms in total. The molecule has 0 saturated carbocycles. The number of nitrogens with zero attached hydrogens (tertiary/aromatic N) is 4. The van der Waals surface area contributed by atoms with Crippen LogP contribution >= 0.6 is 11.3 Å². The molecule has 2 aromatic heterocycles. The van der Waals surface area contributed by atoms with E-state index in [4.69, 9.17) is 0 Å². The summed E-state index contributed by atoms with van der Waals surface area (Å²) in [6.07, 6.45) is 3.94. The first kappa shape index (κ1) is 18.1. The van der Waals surface area contributed by atoms with Gasteiger partial charge in [0.2, 0.25) is 0 Å². The summed E-state index contributed by atoms with van der Waals surface area (Å²) in [7, 11) is 0. The van der Waals surface area contributed by atoms with E-state index >= 15 is 0 Å². The van der Waals surface area contributed by atoms with Gasteiger partial charge >= 0.3 is 0 Å². The average Bonchev–Trinajstić information content (AvgIpc) is 3.48. The van der Waals surface area contributed by atoms with Crippen LogP contribution in [0.1, 0.15) is 28.2 Å². The Balaban J connectivity index is 1.39. The van der Waals surface area contributed by atoms with E-state index in [2.05, 4.69) is 20.6 Å². The zero-order valence-electron chi connectivity index (χ0n) is 16.3. The summed E-state index contributed by atoms with van der Waals surface area (Å²) in [6, 6.07) is 16.2. The molecule has 0 spiro atoms. The molecule has 0 aliphatic carbocycles. The number of para-hydroxylation sites is 2. The van der Waals surface area contributed by atoms with Crippen LogP contribution in [-0.4, -0.2) is 37.9 Å². The van der Waals surface area contributed by atoms with Crippen molar-refractivity contribution in [1.82, 2.24) is 19.4 Å². The lowest BCUT2D eigenvalue weighted by molar-refractivity contribution is 0.0725. The van der Waals surface area contributed by atoms with Gasteiger partial charge in [-0.1, -0.05) is 24.3 Å². The number of benzene rings is 2. The highest BCUT2D eigenvalue weighted by molar-refractivity contribution is 7.09. The predicted molar refractivity (Wildman–Crippen MR) is 116 cm³/mol. The normalized spacial score (nSPS) is 16.6. The van der Waals surface area contributed by atoms with Crippen LogP contribution in [0.4, 0.5) is 0 Å². The minimum Gasteiger partial charge on any atom is -0.334 e. The molecule has 5 rings (SSSR count). The quantitative estimate of drug-likeness (QED) is 0.494. The lowest BCUT2D eigenvalue weighted by Gasteiger charge is -2.25. The van der Waals surface area contributed by atoms with Gasteiger partial charge in [0.25, 0.3) is 5.91 Å². The van der Waals surface area contributed by atoms with Crippen LogP contribution in [0.5, 0.6) is 0 Å². The number of fused-ring (bicyclic) bond motifs is 1. The molecule has 0 bridgehead atoms. The lowest BCUT2D eigenvalue weighted by atomic mass is 10.1. The Hall–Kier alpha value is -2.99. The van der Waals surface area contributed by atoms with Gasteiger partial charge < -0.3 is 9.47 Å². The summed E-state index contributed by atoms with van der Waals surface area (Å²) >= 11 is 1.63. The summed E-state index contributed by atoms with van der Waals surface area (Å²) in [4.78, 5) is 24.4. The first-order valence-electron chi connectivity index (χ1n) is 9.92. The molecular weight excluding hydrogens is 380 g/mol. The summed E-state index contributed by atoms with van der Waals surface area (Å²) in [5.41, 5.74) is 4.78. The maximum atomic E-state index is 13.3. The average molecular weight is 403 g/mol. The smallest absolute Gasteiger partial charge is 0.254 e. The van der Waals surface area contributed by atoms with E-state index in [1.807, 2.05) is 66.0 Å². The maximum Gasteiger partial charge on any atom is 0.254 e. The Morgan fingerprint density at radius 3 is 2.97 bits per heavy atom. The zero-order valence-corrected chi connectivity index (χ0v) is 17.1. The number of aryl methyl sites for hydroxylation is 1. The van der Waals surface area contributed by atoms with Gasteiger partial charge in [-0.15, -0.1) is 11.3 Å². The number of likely N-dealkylation sites (tertiary alicyclic amines) is 1. The molecule has 0 N–H and O–H groups in total. The Morgan fingerprint density at radius 2 is 2.10 bits per heavy atom. The number of rotatable bonds is 4. The Kier molecular flexibility index (Phi) is 4.64. The molecule has 1 atom stereocenters. The second-order valence-corrected chi connectivity index (χ2v) is 8.58. The Morgan fingerprint density at radius 1 is 1.21 bits per heavy atom. The molecule has 1 amide bonds. The molecule has 4 aromatic rings. The second-order valence-electron chi connectivity index (χ2n) is 7.51. The van der Waals surface area contributed by atoms with Crippen LogP contribution in [0, 0.1) is 6.92 Å². The fourth-order valence-electron chi connectivity index (χ4n) is 4.15. The maximum absolute atomic E-state index is 13.3. The third-order valence-electron chi connectivity index (χ3n) is 5.60. The van der Waals surface area contributed by atoms with E-state index in [1.165, 1.54) is 0 Å². The monoisotopic (exact) mass is 402 g/mol. The van der Waals surface area contributed by atoms with Crippen molar-refractivity contribution in [2.45, 2.75) is 32.4 Å². The summed E-state index contributed by atoms with van der Waals surface area (Å²) < 4.78 is 2.17. The van der Waals surface area contributed by atoms with E-state index in [0.29, 0.717) is 0 Å². The number of carbonyl (C=O) groups is 1. The van der Waals surface area contributed by atoms with E-state index < -0.39 is 0 Å². The van der Waals surface area contributed by atoms with Gasteiger partial charge in [-0.3, -0.25) is 4.79 Å². The van der Waals surface area contributed by atoms with Crippen LogP contribution in [0.15, 0.2) is 60.2 Å². The van der Waals surface area contributed by atoms with Gasteiger partial charge in [0.15, 0.2) is 0 Å². The van der Waals surface area contributed by atoms with Gasteiger partial charge in [-0.05, 0) is 44.0 Å². The fourth-order valence-corrected chi connectivity index (χ4v) is 4.77. The lowest BCUT2D eigenvalue weighted by Crippen LogP contribution is -2.38. The summed E-state index contributed by atoms with van der Waals surface area (Å²) in [6.45, 7) is 3.57. The summed E-state index contributed by atoms with van der Waals surface area (Å²) in [5.74, 6) is 0.103. The fraction of sp³-hybridized carbons (Fsp3) is 0.261. The van der Waals surface area contributed by atoms with E-state index in [0.717, 1.165) is 58.8 Å². The third kappa shape index (κ3) is 3.44. The molecule has 146 valence electrons. The van der Waals surface area contributed by atoms with Crippen molar-refractivity contribution >= 4 is 28.3 Å². The third-order valence-corrected chi connectivity index (χ3v) is 6.37. The molecule has 6 heteroatoms. The number of amides is 1. The Bertz CT molecular complexity index is 1180. The van der Waals surface area contributed by atoms with Crippen LogP contribution < -0.4 is 0 Å². The predicted octanol–water partition coefficient (Wildman–Crippen LogP) is 4.77. The molecule has 1 fully saturated rings. The van der Waals surface area contributed by atoms with Crippen molar-refractivity contribution in [3.8, 4) is 11.3 Å². The van der Waals surface area contributed by atoms with Gasteiger partial charge in [-0.25, -0.2) is 9.97 Å². The van der Waals surface area contributed by atoms with E-state index in [-0.39, 0.29) is 11.9 Å². The molecule has 1 saturated heterocycles. The van der Waals surface area contributed by atoms with Gasteiger partial charge in [0.05, 0.1) is 34.1 Å². The van der Waals surface area contributed by atoms with Crippen molar-refractivity contribution in [2.24, 2.45) is 0 Å². The highest BCUT2D eigenvalue weighted by Gasteiger charge is 2.30. The number of hydrogen-bond acceptors (Lipinski definition) is 4. The molecule has 3 heterocycles. The van der Waals surface area contributed by atoms with Gasteiger partial charge in [0, 0.05) is 29.6 Å². The molecule has 0 unspecified atom stereocenters. The van der Waals surface area contributed by atoms with Crippen LogP contribution in [-0.2, 0) is 6.54 Å². The van der Waals surface area contributed by atoms with Crippen molar-refractivity contribution in [1.29, 1.82) is 0 Å². The number of thiazole rings is 1. The molecule has 1 aliphatic heterocycles. The minimum atomic E-state index is 0.103. The highest BCUT2D eigenvalue weighted by atomic mass is 32.1. The van der Waals surface area contributed by atoms with Crippen LogP contribution in [0.25, 0.3) is 22.3 Å².